The highest BCUT2D eigenvalue weighted by Crippen LogP contribution is 2.27. The number of rotatable bonds is 2. The molecule has 1 heterocycles. The van der Waals surface area contributed by atoms with Crippen LogP contribution in [0.5, 0.6) is 5.75 Å². The third-order valence-electron chi connectivity index (χ3n) is 2.15. The lowest BCUT2D eigenvalue weighted by molar-refractivity contribution is -0.274. The van der Waals surface area contributed by atoms with Crippen LogP contribution in [0.25, 0.3) is 11.1 Å². The fourth-order valence-electron chi connectivity index (χ4n) is 1.43. The second kappa shape index (κ2) is 4.97. The van der Waals surface area contributed by atoms with Crippen LogP contribution >= 0.6 is 15.9 Å². The van der Waals surface area contributed by atoms with Crippen LogP contribution in [0, 0.1) is 0 Å². The average Bonchev–Trinajstić information content (AvgIpc) is 2.28. The van der Waals surface area contributed by atoms with E-state index in [1.165, 1.54) is 12.1 Å². The highest BCUT2D eigenvalue weighted by molar-refractivity contribution is 9.10. The van der Waals surface area contributed by atoms with Gasteiger partial charge in [-0.1, -0.05) is 12.1 Å². The van der Waals surface area contributed by atoms with Crippen LogP contribution in [-0.4, -0.2) is 11.3 Å². The quantitative estimate of drug-likeness (QED) is 0.765. The Hall–Kier alpha value is -1.56. The topological polar surface area (TPSA) is 22.1 Å². The Kier molecular flexibility index (Phi) is 3.56. The fourth-order valence-corrected chi connectivity index (χ4v) is 1.80. The van der Waals surface area contributed by atoms with E-state index in [9.17, 15) is 13.2 Å². The zero-order valence-corrected chi connectivity index (χ0v) is 10.5. The molecule has 0 aliphatic carbocycles. The molecule has 0 spiro atoms. The third kappa shape index (κ3) is 3.46. The summed E-state index contributed by atoms with van der Waals surface area (Å²) in [4.78, 5) is 3.97. The molecule has 0 aliphatic rings. The van der Waals surface area contributed by atoms with E-state index in [0.29, 0.717) is 4.60 Å². The number of benzene rings is 1. The number of nitrogens with zero attached hydrogens (tertiary/aromatic N) is 1. The zero-order chi connectivity index (χ0) is 13.2. The first-order valence-corrected chi connectivity index (χ1v) is 5.71. The predicted octanol–water partition coefficient (Wildman–Crippen LogP) is 4.41. The van der Waals surface area contributed by atoms with Crippen molar-refractivity contribution in [3.8, 4) is 16.9 Å². The molecule has 2 nitrogen and oxygen atoms in total. The molecule has 2 aromatic rings. The van der Waals surface area contributed by atoms with E-state index in [1.807, 2.05) is 0 Å². The molecule has 94 valence electrons. The van der Waals surface area contributed by atoms with E-state index >= 15 is 0 Å². The van der Waals surface area contributed by atoms with Crippen molar-refractivity contribution < 1.29 is 17.9 Å². The van der Waals surface area contributed by atoms with Crippen molar-refractivity contribution in [3.63, 3.8) is 0 Å². The van der Waals surface area contributed by atoms with Crippen molar-refractivity contribution in [1.82, 2.24) is 4.98 Å². The SMILES string of the molecule is FC(F)(F)Oc1ccc(-c2ccnc(Br)c2)cc1. The standard InChI is InChI=1S/C12H7BrF3NO/c13-11-7-9(5-6-17-11)8-1-3-10(4-2-8)18-12(14,15)16/h1-7H. The van der Waals surface area contributed by atoms with Gasteiger partial charge >= 0.3 is 6.36 Å². The molecular weight excluding hydrogens is 311 g/mol. The maximum absolute atomic E-state index is 12.0. The van der Waals surface area contributed by atoms with Gasteiger partial charge in [0.25, 0.3) is 0 Å². The van der Waals surface area contributed by atoms with E-state index in [0.717, 1.165) is 11.1 Å². The van der Waals surface area contributed by atoms with Crippen molar-refractivity contribution >= 4 is 15.9 Å². The van der Waals surface area contributed by atoms with Crippen LogP contribution in [0.4, 0.5) is 13.2 Å². The summed E-state index contributed by atoms with van der Waals surface area (Å²) in [6.07, 6.45) is -3.05. The molecule has 0 saturated heterocycles. The largest absolute Gasteiger partial charge is 0.573 e. The molecule has 18 heavy (non-hydrogen) atoms. The van der Waals surface area contributed by atoms with Gasteiger partial charge in [0.1, 0.15) is 10.4 Å². The summed E-state index contributed by atoms with van der Waals surface area (Å²) < 4.78 is 40.4. The van der Waals surface area contributed by atoms with Gasteiger partial charge in [-0.3, -0.25) is 0 Å². The van der Waals surface area contributed by atoms with Crippen LogP contribution in [0.15, 0.2) is 47.2 Å². The Morgan fingerprint density at radius 3 is 2.22 bits per heavy atom. The number of pyridine rings is 1. The van der Waals surface area contributed by atoms with Crippen LogP contribution in [0.2, 0.25) is 0 Å². The monoisotopic (exact) mass is 317 g/mol. The van der Waals surface area contributed by atoms with Gasteiger partial charge in [0.2, 0.25) is 0 Å². The summed E-state index contributed by atoms with van der Waals surface area (Å²) in [5.74, 6) is -0.237. The fraction of sp³-hybridized carbons (Fsp3) is 0.0833. The normalized spacial score (nSPS) is 11.3. The molecule has 1 aromatic carbocycles. The van der Waals surface area contributed by atoms with Crippen molar-refractivity contribution in [2.75, 3.05) is 0 Å². The summed E-state index contributed by atoms with van der Waals surface area (Å²) in [7, 11) is 0. The van der Waals surface area contributed by atoms with Crippen molar-refractivity contribution in [1.29, 1.82) is 0 Å². The maximum atomic E-state index is 12.0. The van der Waals surface area contributed by atoms with Crippen molar-refractivity contribution in [2.24, 2.45) is 0 Å². The molecule has 0 amide bonds. The maximum Gasteiger partial charge on any atom is 0.573 e. The van der Waals surface area contributed by atoms with E-state index in [-0.39, 0.29) is 5.75 Å². The lowest BCUT2D eigenvalue weighted by Gasteiger charge is -2.09. The number of aromatic nitrogens is 1. The first-order chi connectivity index (χ1) is 8.44. The summed E-state index contributed by atoms with van der Waals surface area (Å²) in [5, 5.41) is 0. The lowest BCUT2D eigenvalue weighted by atomic mass is 10.1. The highest BCUT2D eigenvalue weighted by atomic mass is 79.9. The second-order valence-corrected chi connectivity index (χ2v) is 4.25. The molecule has 2 rings (SSSR count). The molecule has 6 heteroatoms. The number of hydrogen-bond donors (Lipinski definition) is 0. The van der Waals surface area contributed by atoms with Gasteiger partial charge in [-0.15, -0.1) is 13.2 Å². The predicted molar refractivity (Wildman–Crippen MR) is 64.1 cm³/mol. The first kappa shape index (κ1) is 12.9. The molecule has 0 saturated carbocycles. The minimum absolute atomic E-state index is 0.237. The van der Waals surface area contributed by atoms with Crippen LogP contribution < -0.4 is 4.74 Å². The molecule has 0 atom stereocenters. The summed E-state index contributed by atoms with van der Waals surface area (Å²) in [6.45, 7) is 0. The van der Waals surface area contributed by atoms with Gasteiger partial charge in [0.15, 0.2) is 0 Å². The molecule has 1 aromatic heterocycles. The smallest absolute Gasteiger partial charge is 0.406 e. The van der Waals surface area contributed by atoms with Crippen LogP contribution in [0.3, 0.4) is 0 Å². The summed E-state index contributed by atoms with van der Waals surface area (Å²) in [6, 6.07) is 9.21. The van der Waals surface area contributed by atoms with E-state index in [2.05, 4.69) is 25.7 Å². The Morgan fingerprint density at radius 2 is 1.67 bits per heavy atom. The van der Waals surface area contributed by atoms with Gasteiger partial charge in [-0.05, 0) is 51.3 Å². The first-order valence-electron chi connectivity index (χ1n) is 4.92. The van der Waals surface area contributed by atoms with Crippen LogP contribution in [0.1, 0.15) is 0 Å². The highest BCUT2D eigenvalue weighted by Gasteiger charge is 2.30. The average molecular weight is 318 g/mol. The number of alkyl halides is 3. The molecule has 0 radical (unpaired) electrons. The van der Waals surface area contributed by atoms with Gasteiger partial charge in [0, 0.05) is 6.20 Å². The summed E-state index contributed by atoms with van der Waals surface area (Å²) in [5.41, 5.74) is 1.64. The van der Waals surface area contributed by atoms with E-state index in [4.69, 9.17) is 0 Å². The zero-order valence-electron chi connectivity index (χ0n) is 8.91. The second-order valence-electron chi connectivity index (χ2n) is 3.44. The van der Waals surface area contributed by atoms with Crippen molar-refractivity contribution in [2.45, 2.75) is 6.36 Å². The van der Waals surface area contributed by atoms with E-state index < -0.39 is 6.36 Å². The Labute approximate surface area is 110 Å². The lowest BCUT2D eigenvalue weighted by Crippen LogP contribution is -2.16. The van der Waals surface area contributed by atoms with Crippen molar-refractivity contribution in [3.05, 3.63) is 47.2 Å². The minimum Gasteiger partial charge on any atom is -0.406 e. The number of ether oxygens (including phenoxy) is 1. The Morgan fingerprint density at radius 1 is 1.00 bits per heavy atom. The number of halogens is 4. The van der Waals surface area contributed by atoms with Gasteiger partial charge < -0.3 is 4.74 Å². The van der Waals surface area contributed by atoms with Gasteiger partial charge in [-0.25, -0.2) is 4.98 Å². The molecule has 0 aliphatic heterocycles. The van der Waals surface area contributed by atoms with Crippen LogP contribution in [-0.2, 0) is 0 Å². The molecule has 0 N–H and O–H groups in total. The molecule has 0 bridgehead atoms. The third-order valence-corrected chi connectivity index (χ3v) is 2.58. The van der Waals surface area contributed by atoms with E-state index in [1.54, 1.807) is 30.5 Å². The summed E-state index contributed by atoms with van der Waals surface area (Å²) >= 11 is 3.23. The van der Waals surface area contributed by atoms with Gasteiger partial charge in [-0.2, -0.15) is 0 Å². The number of hydrogen-bond acceptors (Lipinski definition) is 2. The minimum atomic E-state index is -4.67. The Balaban J connectivity index is 2.22. The van der Waals surface area contributed by atoms with Gasteiger partial charge in [0.05, 0.1) is 0 Å². The molecular formula is C12H7BrF3NO. The Bertz CT molecular complexity index is 540. The molecule has 0 unspecified atom stereocenters. The molecule has 0 fully saturated rings.